The SMILES string of the molecule is CN1CC=C(CNc2cccc3c2CCCC3)CC1. The first-order valence-electron chi connectivity index (χ1n) is 7.54. The molecule has 1 N–H and O–H groups in total. The van der Waals surface area contributed by atoms with Gasteiger partial charge >= 0.3 is 0 Å². The molecule has 0 saturated carbocycles. The molecule has 0 fully saturated rings. The Hall–Kier alpha value is -1.28. The molecule has 19 heavy (non-hydrogen) atoms. The van der Waals surface area contributed by atoms with Crippen LogP contribution in [0.5, 0.6) is 0 Å². The van der Waals surface area contributed by atoms with Crippen LogP contribution in [0.4, 0.5) is 5.69 Å². The highest BCUT2D eigenvalue weighted by atomic mass is 15.1. The zero-order valence-electron chi connectivity index (χ0n) is 11.9. The van der Waals surface area contributed by atoms with Crippen LogP contribution in [0.15, 0.2) is 29.8 Å². The van der Waals surface area contributed by atoms with E-state index in [9.17, 15) is 0 Å². The molecule has 0 amide bonds. The zero-order valence-corrected chi connectivity index (χ0v) is 11.9. The lowest BCUT2D eigenvalue weighted by molar-refractivity contribution is 0.358. The fourth-order valence-corrected chi connectivity index (χ4v) is 3.13. The molecule has 1 aromatic rings. The zero-order chi connectivity index (χ0) is 13.1. The summed E-state index contributed by atoms with van der Waals surface area (Å²) >= 11 is 0. The fraction of sp³-hybridized carbons (Fsp3) is 0.529. The van der Waals surface area contributed by atoms with Gasteiger partial charge in [-0.05, 0) is 56.3 Å². The number of rotatable bonds is 3. The molecule has 0 saturated heterocycles. The molecule has 0 unspecified atom stereocenters. The second-order valence-corrected chi connectivity index (χ2v) is 5.88. The predicted molar refractivity (Wildman–Crippen MR) is 81.8 cm³/mol. The molecular formula is C17H24N2. The monoisotopic (exact) mass is 256 g/mol. The third-order valence-electron chi connectivity index (χ3n) is 4.41. The van der Waals surface area contributed by atoms with Gasteiger partial charge in [0.15, 0.2) is 0 Å². The van der Waals surface area contributed by atoms with Gasteiger partial charge in [-0.2, -0.15) is 0 Å². The Balaban J connectivity index is 1.67. The van der Waals surface area contributed by atoms with E-state index in [0.29, 0.717) is 0 Å². The van der Waals surface area contributed by atoms with Crippen LogP contribution in [-0.2, 0) is 12.8 Å². The van der Waals surface area contributed by atoms with E-state index in [2.05, 4.69) is 41.5 Å². The molecule has 1 heterocycles. The van der Waals surface area contributed by atoms with Gasteiger partial charge in [-0.1, -0.05) is 23.8 Å². The molecule has 0 atom stereocenters. The Morgan fingerprint density at radius 3 is 2.89 bits per heavy atom. The Bertz CT molecular complexity index is 476. The molecule has 1 aliphatic carbocycles. The number of hydrogen-bond acceptors (Lipinski definition) is 2. The Kier molecular flexibility index (Phi) is 3.88. The maximum atomic E-state index is 3.67. The predicted octanol–water partition coefficient (Wildman–Crippen LogP) is 3.24. The first-order chi connectivity index (χ1) is 9.33. The first kappa shape index (κ1) is 12.7. The lowest BCUT2D eigenvalue weighted by Crippen LogP contribution is -2.26. The molecule has 0 aromatic heterocycles. The quantitative estimate of drug-likeness (QED) is 0.835. The van der Waals surface area contributed by atoms with Crippen LogP contribution in [0, 0.1) is 0 Å². The third kappa shape index (κ3) is 3.01. The van der Waals surface area contributed by atoms with E-state index in [4.69, 9.17) is 0 Å². The van der Waals surface area contributed by atoms with Crippen LogP contribution in [0.2, 0.25) is 0 Å². The van der Waals surface area contributed by atoms with Crippen LogP contribution in [0.1, 0.15) is 30.4 Å². The van der Waals surface area contributed by atoms with Crippen LogP contribution in [0.25, 0.3) is 0 Å². The van der Waals surface area contributed by atoms with E-state index in [1.807, 2.05) is 0 Å². The summed E-state index contributed by atoms with van der Waals surface area (Å²) in [5.41, 5.74) is 6.07. The molecule has 3 rings (SSSR count). The van der Waals surface area contributed by atoms with E-state index in [-0.39, 0.29) is 0 Å². The summed E-state index contributed by atoms with van der Waals surface area (Å²) < 4.78 is 0. The minimum Gasteiger partial charge on any atom is -0.381 e. The number of nitrogens with zero attached hydrogens (tertiary/aromatic N) is 1. The molecule has 102 valence electrons. The summed E-state index contributed by atoms with van der Waals surface area (Å²) in [6, 6.07) is 6.75. The lowest BCUT2D eigenvalue weighted by Gasteiger charge is -2.24. The summed E-state index contributed by atoms with van der Waals surface area (Å²) in [5.74, 6) is 0. The van der Waals surface area contributed by atoms with Gasteiger partial charge in [-0.3, -0.25) is 0 Å². The molecule has 0 spiro atoms. The molecule has 2 heteroatoms. The maximum Gasteiger partial charge on any atom is 0.0378 e. The van der Waals surface area contributed by atoms with Gasteiger partial charge in [0.1, 0.15) is 0 Å². The lowest BCUT2D eigenvalue weighted by atomic mass is 9.90. The van der Waals surface area contributed by atoms with E-state index < -0.39 is 0 Å². The average Bonchev–Trinajstić information content (AvgIpc) is 2.47. The van der Waals surface area contributed by atoms with Gasteiger partial charge in [0.05, 0.1) is 0 Å². The topological polar surface area (TPSA) is 15.3 Å². The highest BCUT2D eigenvalue weighted by Gasteiger charge is 2.13. The van der Waals surface area contributed by atoms with Crippen molar-refractivity contribution in [2.45, 2.75) is 32.1 Å². The smallest absolute Gasteiger partial charge is 0.0378 e. The van der Waals surface area contributed by atoms with Crippen molar-refractivity contribution in [3.63, 3.8) is 0 Å². The number of aryl methyl sites for hydroxylation is 1. The molecular weight excluding hydrogens is 232 g/mol. The van der Waals surface area contributed by atoms with Gasteiger partial charge in [0, 0.05) is 25.3 Å². The van der Waals surface area contributed by atoms with Crippen molar-refractivity contribution in [2.24, 2.45) is 0 Å². The van der Waals surface area contributed by atoms with E-state index >= 15 is 0 Å². The van der Waals surface area contributed by atoms with Crippen LogP contribution in [-0.4, -0.2) is 31.6 Å². The Morgan fingerprint density at radius 2 is 2.05 bits per heavy atom. The number of fused-ring (bicyclic) bond motifs is 1. The molecule has 1 aliphatic heterocycles. The Morgan fingerprint density at radius 1 is 1.16 bits per heavy atom. The summed E-state index contributed by atoms with van der Waals surface area (Å²) in [7, 11) is 2.19. The van der Waals surface area contributed by atoms with Crippen molar-refractivity contribution in [3.8, 4) is 0 Å². The largest absolute Gasteiger partial charge is 0.381 e. The summed E-state index contributed by atoms with van der Waals surface area (Å²) in [6.45, 7) is 3.31. The average molecular weight is 256 g/mol. The molecule has 0 bridgehead atoms. The van der Waals surface area contributed by atoms with Crippen molar-refractivity contribution in [1.29, 1.82) is 0 Å². The molecule has 0 radical (unpaired) electrons. The Labute approximate surface area is 116 Å². The van der Waals surface area contributed by atoms with Gasteiger partial charge < -0.3 is 10.2 Å². The van der Waals surface area contributed by atoms with Crippen molar-refractivity contribution in [2.75, 3.05) is 32.0 Å². The maximum absolute atomic E-state index is 3.67. The normalized spacial score (nSPS) is 19.7. The number of hydrogen-bond donors (Lipinski definition) is 1. The summed E-state index contributed by atoms with van der Waals surface area (Å²) in [6.07, 6.45) is 8.80. The van der Waals surface area contributed by atoms with E-state index in [0.717, 1.165) is 13.1 Å². The van der Waals surface area contributed by atoms with Crippen molar-refractivity contribution < 1.29 is 0 Å². The standard InChI is InChI=1S/C17H24N2/c1-19-11-9-14(10-12-19)13-18-17-8-4-6-15-5-2-3-7-16(15)17/h4,6,8-9,18H,2-3,5,7,10-13H2,1H3. The number of nitrogens with one attached hydrogen (secondary N) is 1. The second kappa shape index (κ2) is 5.79. The molecule has 1 aromatic carbocycles. The molecule has 2 aliphatic rings. The van der Waals surface area contributed by atoms with Crippen molar-refractivity contribution >= 4 is 5.69 Å². The van der Waals surface area contributed by atoms with Crippen LogP contribution < -0.4 is 5.32 Å². The van der Waals surface area contributed by atoms with Crippen molar-refractivity contribution in [1.82, 2.24) is 4.90 Å². The number of benzene rings is 1. The molecule has 2 nitrogen and oxygen atoms in total. The highest BCUT2D eigenvalue weighted by molar-refractivity contribution is 5.56. The van der Waals surface area contributed by atoms with Crippen molar-refractivity contribution in [3.05, 3.63) is 41.0 Å². The van der Waals surface area contributed by atoms with Gasteiger partial charge in [-0.15, -0.1) is 0 Å². The minimum absolute atomic E-state index is 1.02. The second-order valence-electron chi connectivity index (χ2n) is 5.88. The van der Waals surface area contributed by atoms with Gasteiger partial charge in [0.2, 0.25) is 0 Å². The van der Waals surface area contributed by atoms with E-state index in [1.165, 1.54) is 44.3 Å². The number of likely N-dealkylation sites (N-methyl/N-ethyl adjacent to an activating group) is 1. The minimum atomic E-state index is 1.02. The van der Waals surface area contributed by atoms with Gasteiger partial charge in [0.25, 0.3) is 0 Å². The van der Waals surface area contributed by atoms with Crippen LogP contribution >= 0.6 is 0 Å². The number of anilines is 1. The van der Waals surface area contributed by atoms with Gasteiger partial charge in [-0.25, -0.2) is 0 Å². The van der Waals surface area contributed by atoms with Crippen LogP contribution in [0.3, 0.4) is 0 Å². The summed E-state index contributed by atoms with van der Waals surface area (Å²) in [5, 5.41) is 3.67. The van der Waals surface area contributed by atoms with E-state index in [1.54, 1.807) is 16.7 Å². The third-order valence-corrected chi connectivity index (χ3v) is 4.41. The highest BCUT2D eigenvalue weighted by Crippen LogP contribution is 2.28. The first-order valence-corrected chi connectivity index (χ1v) is 7.54. The fourth-order valence-electron chi connectivity index (χ4n) is 3.13. The summed E-state index contributed by atoms with van der Waals surface area (Å²) in [4.78, 5) is 2.37.